The third-order valence-corrected chi connectivity index (χ3v) is 2.99. The Labute approximate surface area is 119 Å². The van der Waals surface area contributed by atoms with Crippen LogP contribution in [0.3, 0.4) is 0 Å². The number of nitrogens with two attached hydrogens (primary N) is 1. The molecule has 0 aliphatic carbocycles. The van der Waals surface area contributed by atoms with Gasteiger partial charge in [0, 0.05) is 18.8 Å². The number of ether oxygens (including phenoxy) is 1. The lowest BCUT2D eigenvalue weighted by atomic mass is 10.1. The second-order valence-electron chi connectivity index (χ2n) is 4.55. The molecule has 2 heterocycles. The fourth-order valence-electron chi connectivity index (χ4n) is 1.96. The van der Waals surface area contributed by atoms with Crippen LogP contribution in [0.1, 0.15) is 25.0 Å². The van der Waals surface area contributed by atoms with Gasteiger partial charge in [0.25, 0.3) is 0 Å². The van der Waals surface area contributed by atoms with Crippen molar-refractivity contribution in [1.29, 1.82) is 0 Å². The summed E-state index contributed by atoms with van der Waals surface area (Å²) in [6.45, 7) is 1.40. The van der Waals surface area contributed by atoms with Crippen LogP contribution in [0.25, 0.3) is 0 Å². The lowest BCUT2D eigenvalue weighted by Crippen LogP contribution is -2.36. The highest BCUT2D eigenvalue weighted by Gasteiger charge is 2.14. The maximum Gasteiger partial charge on any atom is 0.226 e. The molecule has 1 aliphatic rings. The number of amides is 1. The molecular formula is C13H20ClN3O2. The summed E-state index contributed by atoms with van der Waals surface area (Å²) < 4.78 is 5.55. The molecule has 5 nitrogen and oxygen atoms in total. The molecule has 2 rings (SSSR count). The predicted octanol–water partition coefficient (Wildman–Crippen LogP) is 1.31. The van der Waals surface area contributed by atoms with Crippen molar-refractivity contribution in [1.82, 2.24) is 10.3 Å². The van der Waals surface area contributed by atoms with Crippen molar-refractivity contribution in [2.24, 2.45) is 0 Å². The standard InChI is InChI=1S/C13H19N3O2.ClH/c14-10-4-5-11(15-8-10)7-13(17)16-9-12-3-1-2-6-18-12;/h4-5,8,12H,1-3,6-7,9,14H2,(H,16,17);1H. The molecule has 0 radical (unpaired) electrons. The van der Waals surface area contributed by atoms with Gasteiger partial charge in [-0.2, -0.15) is 0 Å². The summed E-state index contributed by atoms with van der Waals surface area (Å²) in [4.78, 5) is 15.8. The van der Waals surface area contributed by atoms with Crippen molar-refractivity contribution in [2.75, 3.05) is 18.9 Å². The Morgan fingerprint density at radius 3 is 2.95 bits per heavy atom. The number of aromatic nitrogens is 1. The van der Waals surface area contributed by atoms with Crippen molar-refractivity contribution in [3.63, 3.8) is 0 Å². The molecule has 0 aromatic carbocycles. The van der Waals surface area contributed by atoms with Gasteiger partial charge in [0.15, 0.2) is 0 Å². The number of hydrogen-bond acceptors (Lipinski definition) is 4. The first-order valence-corrected chi connectivity index (χ1v) is 6.33. The van der Waals surface area contributed by atoms with E-state index in [1.54, 1.807) is 18.3 Å². The smallest absolute Gasteiger partial charge is 0.226 e. The molecule has 1 atom stereocenters. The lowest BCUT2D eigenvalue weighted by Gasteiger charge is -2.22. The summed E-state index contributed by atoms with van der Waals surface area (Å²) in [7, 11) is 0. The molecular weight excluding hydrogens is 266 g/mol. The van der Waals surface area contributed by atoms with Gasteiger partial charge in [-0.15, -0.1) is 12.4 Å². The van der Waals surface area contributed by atoms with E-state index in [2.05, 4.69) is 10.3 Å². The van der Waals surface area contributed by atoms with E-state index in [1.165, 1.54) is 6.42 Å². The molecule has 19 heavy (non-hydrogen) atoms. The van der Waals surface area contributed by atoms with E-state index in [4.69, 9.17) is 10.5 Å². The fourth-order valence-corrected chi connectivity index (χ4v) is 1.96. The van der Waals surface area contributed by atoms with Gasteiger partial charge in [0.1, 0.15) is 0 Å². The predicted molar refractivity (Wildman–Crippen MR) is 76.2 cm³/mol. The van der Waals surface area contributed by atoms with Gasteiger partial charge < -0.3 is 15.8 Å². The van der Waals surface area contributed by atoms with E-state index in [0.29, 0.717) is 12.2 Å². The Kier molecular flexibility index (Phi) is 6.59. The highest BCUT2D eigenvalue weighted by molar-refractivity contribution is 5.85. The first kappa shape index (κ1) is 15.7. The Morgan fingerprint density at radius 2 is 2.32 bits per heavy atom. The Hall–Kier alpha value is -1.33. The van der Waals surface area contributed by atoms with Crippen LogP contribution in [-0.4, -0.2) is 30.1 Å². The fraction of sp³-hybridized carbons (Fsp3) is 0.538. The first-order chi connectivity index (χ1) is 8.74. The number of halogens is 1. The van der Waals surface area contributed by atoms with Crippen LogP contribution < -0.4 is 11.1 Å². The number of nitrogen functional groups attached to an aromatic ring is 1. The van der Waals surface area contributed by atoms with Gasteiger partial charge >= 0.3 is 0 Å². The SMILES string of the molecule is Cl.Nc1ccc(CC(=O)NCC2CCCCO2)nc1. The van der Waals surface area contributed by atoms with E-state index in [1.807, 2.05) is 0 Å². The molecule has 0 saturated carbocycles. The van der Waals surface area contributed by atoms with Crippen molar-refractivity contribution < 1.29 is 9.53 Å². The van der Waals surface area contributed by atoms with E-state index in [9.17, 15) is 4.79 Å². The average molecular weight is 286 g/mol. The molecule has 106 valence electrons. The van der Waals surface area contributed by atoms with E-state index < -0.39 is 0 Å². The van der Waals surface area contributed by atoms with E-state index in [0.717, 1.165) is 25.1 Å². The molecule has 1 aliphatic heterocycles. The molecule has 6 heteroatoms. The van der Waals surface area contributed by atoms with Crippen LogP contribution in [0.15, 0.2) is 18.3 Å². The summed E-state index contributed by atoms with van der Waals surface area (Å²) in [5.74, 6) is -0.0264. The molecule has 1 fully saturated rings. The molecule has 1 saturated heterocycles. The van der Waals surface area contributed by atoms with E-state index >= 15 is 0 Å². The number of nitrogens with zero attached hydrogens (tertiary/aromatic N) is 1. The monoisotopic (exact) mass is 285 g/mol. The zero-order valence-corrected chi connectivity index (χ0v) is 11.6. The minimum Gasteiger partial charge on any atom is -0.397 e. The number of nitrogens with one attached hydrogen (secondary N) is 1. The van der Waals surface area contributed by atoms with Gasteiger partial charge in [0.05, 0.1) is 24.4 Å². The molecule has 0 spiro atoms. The maximum absolute atomic E-state index is 11.7. The maximum atomic E-state index is 11.7. The number of pyridine rings is 1. The molecule has 3 N–H and O–H groups in total. The third-order valence-electron chi connectivity index (χ3n) is 2.99. The van der Waals surface area contributed by atoms with Crippen LogP contribution >= 0.6 is 12.4 Å². The van der Waals surface area contributed by atoms with E-state index in [-0.39, 0.29) is 30.8 Å². The number of rotatable bonds is 4. The largest absolute Gasteiger partial charge is 0.397 e. The van der Waals surface area contributed by atoms with Gasteiger partial charge in [-0.1, -0.05) is 0 Å². The summed E-state index contributed by atoms with van der Waals surface area (Å²) in [6, 6.07) is 3.52. The first-order valence-electron chi connectivity index (χ1n) is 6.33. The van der Waals surface area contributed by atoms with Crippen LogP contribution in [0.2, 0.25) is 0 Å². The highest BCUT2D eigenvalue weighted by atomic mass is 35.5. The lowest BCUT2D eigenvalue weighted by molar-refractivity contribution is -0.121. The number of anilines is 1. The number of hydrogen-bond donors (Lipinski definition) is 2. The quantitative estimate of drug-likeness (QED) is 0.874. The molecule has 1 aromatic heterocycles. The average Bonchev–Trinajstić information content (AvgIpc) is 2.40. The zero-order valence-electron chi connectivity index (χ0n) is 10.8. The summed E-state index contributed by atoms with van der Waals surface area (Å²) >= 11 is 0. The number of carbonyl (C=O) groups excluding carboxylic acids is 1. The second kappa shape index (κ2) is 7.96. The minimum absolute atomic E-state index is 0. The van der Waals surface area contributed by atoms with Crippen LogP contribution in [0.4, 0.5) is 5.69 Å². The summed E-state index contributed by atoms with van der Waals surface area (Å²) in [5.41, 5.74) is 6.87. The molecule has 1 unspecified atom stereocenters. The van der Waals surface area contributed by atoms with Gasteiger partial charge in [-0.25, -0.2) is 0 Å². The molecule has 0 bridgehead atoms. The van der Waals surface area contributed by atoms with Crippen LogP contribution in [0, 0.1) is 0 Å². The van der Waals surface area contributed by atoms with Crippen molar-refractivity contribution in [3.8, 4) is 0 Å². The highest BCUT2D eigenvalue weighted by Crippen LogP contribution is 2.11. The molecule has 1 amide bonds. The van der Waals surface area contributed by atoms with Crippen molar-refractivity contribution >= 4 is 24.0 Å². The third kappa shape index (κ3) is 5.44. The Balaban J connectivity index is 0.00000180. The number of carbonyl (C=O) groups is 1. The topological polar surface area (TPSA) is 77.2 Å². The second-order valence-corrected chi connectivity index (χ2v) is 4.55. The summed E-state index contributed by atoms with van der Waals surface area (Å²) in [5, 5.41) is 2.88. The molecule has 1 aromatic rings. The van der Waals surface area contributed by atoms with Gasteiger partial charge in [-0.05, 0) is 31.4 Å². The minimum atomic E-state index is -0.0264. The van der Waals surface area contributed by atoms with Crippen molar-refractivity contribution in [2.45, 2.75) is 31.8 Å². The van der Waals surface area contributed by atoms with Gasteiger partial charge in [0.2, 0.25) is 5.91 Å². The zero-order chi connectivity index (χ0) is 12.8. The van der Waals surface area contributed by atoms with Crippen LogP contribution in [0.5, 0.6) is 0 Å². The Morgan fingerprint density at radius 1 is 1.47 bits per heavy atom. The van der Waals surface area contributed by atoms with Crippen LogP contribution in [-0.2, 0) is 16.0 Å². The normalized spacial score (nSPS) is 18.4. The van der Waals surface area contributed by atoms with Gasteiger partial charge in [-0.3, -0.25) is 9.78 Å². The summed E-state index contributed by atoms with van der Waals surface area (Å²) in [6.07, 6.45) is 5.35. The Bertz CT molecular complexity index is 391. The van der Waals surface area contributed by atoms with Crippen molar-refractivity contribution in [3.05, 3.63) is 24.0 Å².